The predicted molar refractivity (Wildman–Crippen MR) is 95.9 cm³/mol. The summed E-state index contributed by atoms with van der Waals surface area (Å²) < 4.78 is 0. The van der Waals surface area contributed by atoms with Crippen LogP contribution in [0.4, 0.5) is 11.5 Å². The van der Waals surface area contributed by atoms with Gasteiger partial charge in [0.15, 0.2) is 5.82 Å². The lowest BCUT2D eigenvalue weighted by Crippen LogP contribution is -2.49. The Bertz CT molecular complexity index is 711. The first-order chi connectivity index (χ1) is 11.5. The molecular formula is C17H20ClN5O. The van der Waals surface area contributed by atoms with Crippen LogP contribution in [-0.4, -0.2) is 61.3 Å². The van der Waals surface area contributed by atoms with E-state index in [1.54, 1.807) is 30.5 Å². The largest absolute Gasteiger partial charge is 0.376 e. The van der Waals surface area contributed by atoms with Crippen molar-refractivity contribution in [3.8, 4) is 0 Å². The molecule has 126 valence electrons. The van der Waals surface area contributed by atoms with Crippen molar-refractivity contribution in [3.63, 3.8) is 0 Å². The third kappa shape index (κ3) is 3.59. The first-order valence-corrected chi connectivity index (χ1v) is 8.22. The molecule has 0 radical (unpaired) electrons. The molecule has 2 aromatic rings. The fourth-order valence-electron chi connectivity index (χ4n) is 2.66. The Hall–Kier alpha value is -2.34. The molecule has 0 aliphatic carbocycles. The standard InChI is InChI=1S/C17H20ClN5O/c1-21(2)15-11-16(20-19-12-15)22-7-9-23(10-8-22)17(24)13-3-5-14(18)6-4-13/h3-6,11-12H,7-10H2,1-2H3. The zero-order valence-electron chi connectivity index (χ0n) is 13.8. The molecule has 6 nitrogen and oxygen atoms in total. The number of aromatic nitrogens is 2. The van der Waals surface area contributed by atoms with Crippen molar-refractivity contribution in [2.45, 2.75) is 0 Å². The molecule has 1 aromatic carbocycles. The number of halogens is 1. The number of benzene rings is 1. The summed E-state index contributed by atoms with van der Waals surface area (Å²) in [7, 11) is 3.95. The number of nitrogens with zero attached hydrogens (tertiary/aromatic N) is 5. The maximum absolute atomic E-state index is 12.5. The highest BCUT2D eigenvalue weighted by Crippen LogP contribution is 2.19. The molecule has 0 atom stereocenters. The maximum atomic E-state index is 12.5. The average Bonchev–Trinajstić information content (AvgIpc) is 2.62. The fourth-order valence-corrected chi connectivity index (χ4v) is 2.78. The number of anilines is 2. The fraction of sp³-hybridized carbons (Fsp3) is 0.353. The minimum atomic E-state index is 0.0412. The molecule has 0 N–H and O–H groups in total. The maximum Gasteiger partial charge on any atom is 0.253 e. The summed E-state index contributed by atoms with van der Waals surface area (Å²) >= 11 is 5.88. The van der Waals surface area contributed by atoms with E-state index >= 15 is 0 Å². The Morgan fingerprint density at radius 2 is 1.79 bits per heavy atom. The number of amides is 1. The Balaban J connectivity index is 1.64. The van der Waals surface area contributed by atoms with Crippen LogP contribution in [0.2, 0.25) is 5.02 Å². The van der Waals surface area contributed by atoms with Crippen LogP contribution < -0.4 is 9.80 Å². The molecular weight excluding hydrogens is 326 g/mol. The van der Waals surface area contributed by atoms with Gasteiger partial charge in [0, 0.05) is 56.9 Å². The summed E-state index contributed by atoms with van der Waals surface area (Å²) in [6.07, 6.45) is 1.74. The van der Waals surface area contributed by atoms with E-state index in [0.29, 0.717) is 23.7 Å². The number of carbonyl (C=O) groups excluding carboxylic acids is 1. The quantitative estimate of drug-likeness (QED) is 0.853. The van der Waals surface area contributed by atoms with E-state index in [0.717, 1.165) is 24.6 Å². The van der Waals surface area contributed by atoms with Gasteiger partial charge in [-0.25, -0.2) is 0 Å². The van der Waals surface area contributed by atoms with Crippen LogP contribution in [0.3, 0.4) is 0 Å². The number of rotatable bonds is 3. The van der Waals surface area contributed by atoms with Gasteiger partial charge in [-0.3, -0.25) is 4.79 Å². The molecule has 1 aliphatic rings. The minimum absolute atomic E-state index is 0.0412. The summed E-state index contributed by atoms with van der Waals surface area (Å²) in [5.41, 5.74) is 1.68. The molecule has 0 unspecified atom stereocenters. The van der Waals surface area contributed by atoms with Crippen molar-refractivity contribution < 1.29 is 4.79 Å². The topological polar surface area (TPSA) is 52.6 Å². The molecule has 1 aliphatic heterocycles. The predicted octanol–water partition coefficient (Wildman–Crippen LogP) is 2.16. The summed E-state index contributed by atoms with van der Waals surface area (Å²) in [5, 5.41) is 8.91. The highest BCUT2D eigenvalue weighted by molar-refractivity contribution is 6.30. The van der Waals surface area contributed by atoms with E-state index in [4.69, 9.17) is 11.6 Å². The van der Waals surface area contributed by atoms with Gasteiger partial charge in [-0.05, 0) is 24.3 Å². The molecule has 0 spiro atoms. The van der Waals surface area contributed by atoms with Crippen LogP contribution in [0.15, 0.2) is 36.5 Å². The summed E-state index contributed by atoms with van der Waals surface area (Å²) in [5.74, 6) is 0.888. The lowest BCUT2D eigenvalue weighted by Gasteiger charge is -2.35. The van der Waals surface area contributed by atoms with Crippen molar-refractivity contribution in [2.24, 2.45) is 0 Å². The molecule has 1 fully saturated rings. The zero-order chi connectivity index (χ0) is 17.1. The van der Waals surface area contributed by atoms with Crippen LogP contribution in [0, 0.1) is 0 Å². The van der Waals surface area contributed by atoms with Crippen molar-refractivity contribution in [1.29, 1.82) is 0 Å². The second-order valence-electron chi connectivity index (χ2n) is 5.95. The van der Waals surface area contributed by atoms with E-state index < -0.39 is 0 Å². The smallest absolute Gasteiger partial charge is 0.253 e. The summed E-state index contributed by atoms with van der Waals surface area (Å²) in [6.45, 7) is 2.81. The van der Waals surface area contributed by atoms with Gasteiger partial charge in [-0.15, -0.1) is 5.10 Å². The van der Waals surface area contributed by atoms with E-state index in [1.807, 2.05) is 30.0 Å². The first-order valence-electron chi connectivity index (χ1n) is 7.84. The number of hydrogen-bond donors (Lipinski definition) is 0. The van der Waals surface area contributed by atoms with E-state index in [-0.39, 0.29) is 5.91 Å². The highest BCUT2D eigenvalue weighted by atomic mass is 35.5. The number of carbonyl (C=O) groups is 1. The lowest BCUT2D eigenvalue weighted by molar-refractivity contribution is 0.0746. The molecule has 3 rings (SSSR count). The minimum Gasteiger partial charge on any atom is -0.376 e. The first kappa shape index (κ1) is 16.5. The normalized spacial score (nSPS) is 14.6. The molecule has 1 saturated heterocycles. The van der Waals surface area contributed by atoms with Gasteiger partial charge in [0.1, 0.15) is 0 Å². The van der Waals surface area contributed by atoms with Gasteiger partial charge >= 0.3 is 0 Å². The Morgan fingerprint density at radius 1 is 1.12 bits per heavy atom. The number of hydrogen-bond acceptors (Lipinski definition) is 5. The van der Waals surface area contributed by atoms with Gasteiger partial charge < -0.3 is 14.7 Å². The third-order valence-corrected chi connectivity index (χ3v) is 4.38. The van der Waals surface area contributed by atoms with Crippen molar-refractivity contribution in [2.75, 3.05) is 50.1 Å². The lowest BCUT2D eigenvalue weighted by atomic mass is 10.2. The second kappa shape index (κ2) is 7.05. The molecule has 7 heteroatoms. The van der Waals surface area contributed by atoms with Gasteiger partial charge in [-0.2, -0.15) is 5.10 Å². The average molecular weight is 346 g/mol. The third-order valence-electron chi connectivity index (χ3n) is 4.13. The van der Waals surface area contributed by atoms with Crippen molar-refractivity contribution in [1.82, 2.24) is 15.1 Å². The Kier molecular flexibility index (Phi) is 4.85. The summed E-state index contributed by atoms with van der Waals surface area (Å²) in [6, 6.07) is 9.04. The second-order valence-corrected chi connectivity index (χ2v) is 6.39. The van der Waals surface area contributed by atoms with Crippen LogP contribution in [-0.2, 0) is 0 Å². The van der Waals surface area contributed by atoms with E-state index in [1.165, 1.54) is 0 Å². The van der Waals surface area contributed by atoms with E-state index in [9.17, 15) is 4.79 Å². The van der Waals surface area contributed by atoms with Gasteiger partial charge in [0.25, 0.3) is 5.91 Å². The molecule has 24 heavy (non-hydrogen) atoms. The highest BCUT2D eigenvalue weighted by Gasteiger charge is 2.23. The van der Waals surface area contributed by atoms with Crippen LogP contribution in [0.25, 0.3) is 0 Å². The molecule has 1 aromatic heterocycles. The van der Waals surface area contributed by atoms with Crippen LogP contribution >= 0.6 is 11.6 Å². The van der Waals surface area contributed by atoms with Gasteiger partial charge in [0.2, 0.25) is 0 Å². The Labute approximate surface area is 146 Å². The zero-order valence-corrected chi connectivity index (χ0v) is 14.6. The molecule has 1 amide bonds. The van der Waals surface area contributed by atoms with Gasteiger partial charge in [-0.1, -0.05) is 11.6 Å². The Morgan fingerprint density at radius 3 is 2.42 bits per heavy atom. The number of piperazine rings is 1. The SMILES string of the molecule is CN(C)c1cnnc(N2CCN(C(=O)c3ccc(Cl)cc3)CC2)c1. The van der Waals surface area contributed by atoms with Gasteiger partial charge in [0.05, 0.1) is 11.9 Å². The molecule has 0 saturated carbocycles. The molecule has 0 bridgehead atoms. The molecule has 2 heterocycles. The monoisotopic (exact) mass is 345 g/mol. The summed E-state index contributed by atoms with van der Waals surface area (Å²) in [4.78, 5) is 18.5. The van der Waals surface area contributed by atoms with Crippen LogP contribution in [0.1, 0.15) is 10.4 Å². The van der Waals surface area contributed by atoms with E-state index in [2.05, 4.69) is 15.1 Å². The van der Waals surface area contributed by atoms with Crippen molar-refractivity contribution in [3.05, 3.63) is 47.1 Å². The van der Waals surface area contributed by atoms with Crippen LogP contribution in [0.5, 0.6) is 0 Å². The van der Waals surface area contributed by atoms with Crippen molar-refractivity contribution >= 4 is 29.0 Å².